The largest absolute Gasteiger partial charge is 0.374 e. The molecule has 19 heavy (non-hydrogen) atoms. The minimum absolute atomic E-state index is 0.0622. The number of fused-ring (bicyclic) bond motifs is 1. The Bertz CT molecular complexity index is 353. The van der Waals surface area contributed by atoms with Crippen molar-refractivity contribution in [1.29, 1.82) is 0 Å². The summed E-state index contributed by atoms with van der Waals surface area (Å²) in [5.74, 6) is 2.33. The van der Waals surface area contributed by atoms with E-state index in [1.54, 1.807) is 0 Å². The third kappa shape index (κ3) is 3.93. The average molecular weight is 265 g/mol. The van der Waals surface area contributed by atoms with Crippen LogP contribution in [0.2, 0.25) is 0 Å². The first kappa shape index (κ1) is 14.3. The number of rotatable bonds is 5. The Kier molecular flexibility index (Phi) is 5.20. The van der Waals surface area contributed by atoms with Crippen molar-refractivity contribution >= 4 is 5.91 Å². The van der Waals surface area contributed by atoms with Gasteiger partial charge in [-0.15, -0.1) is 6.42 Å². The Morgan fingerprint density at radius 1 is 1.63 bits per heavy atom. The third-order valence-electron chi connectivity index (χ3n) is 3.87. The topological polar surface area (TPSA) is 53.6 Å². The summed E-state index contributed by atoms with van der Waals surface area (Å²) in [6, 6.07) is 0.376. The zero-order valence-corrected chi connectivity index (χ0v) is 11.5. The summed E-state index contributed by atoms with van der Waals surface area (Å²) >= 11 is 0. The molecule has 2 fully saturated rings. The first-order valence-corrected chi connectivity index (χ1v) is 7.01. The number of nitrogens with one attached hydrogen (secondary N) is 2. The van der Waals surface area contributed by atoms with Crippen molar-refractivity contribution in [3.05, 3.63) is 0 Å². The zero-order valence-electron chi connectivity index (χ0n) is 11.5. The van der Waals surface area contributed by atoms with E-state index in [1.807, 2.05) is 6.92 Å². The van der Waals surface area contributed by atoms with Gasteiger partial charge in [-0.1, -0.05) is 5.92 Å². The minimum Gasteiger partial charge on any atom is -0.374 e. The molecule has 2 N–H and O–H groups in total. The van der Waals surface area contributed by atoms with Crippen molar-refractivity contribution in [2.24, 2.45) is 0 Å². The highest BCUT2D eigenvalue weighted by Gasteiger charge is 2.32. The summed E-state index contributed by atoms with van der Waals surface area (Å²) in [7, 11) is 0. The second-order valence-corrected chi connectivity index (χ2v) is 5.30. The van der Waals surface area contributed by atoms with Crippen LogP contribution in [-0.4, -0.2) is 61.8 Å². The molecule has 3 unspecified atom stereocenters. The maximum Gasteiger partial charge on any atom is 0.237 e. The summed E-state index contributed by atoms with van der Waals surface area (Å²) in [4.78, 5) is 14.1. The lowest BCUT2D eigenvalue weighted by molar-refractivity contribution is -0.122. The van der Waals surface area contributed by atoms with Gasteiger partial charge in [-0.25, -0.2) is 0 Å². The molecule has 0 aromatic rings. The Hall–Kier alpha value is -1.09. The van der Waals surface area contributed by atoms with E-state index in [-0.39, 0.29) is 24.6 Å². The van der Waals surface area contributed by atoms with E-state index in [0.29, 0.717) is 12.6 Å². The van der Waals surface area contributed by atoms with E-state index in [2.05, 4.69) is 21.5 Å². The summed E-state index contributed by atoms with van der Waals surface area (Å²) in [6.45, 7) is 5.80. The molecule has 0 aromatic heterocycles. The quantitative estimate of drug-likeness (QED) is 0.663. The van der Waals surface area contributed by atoms with Crippen molar-refractivity contribution in [3.63, 3.8) is 0 Å². The number of carbonyl (C=O) groups excluding carboxylic acids is 1. The van der Waals surface area contributed by atoms with Gasteiger partial charge in [0, 0.05) is 19.1 Å². The highest BCUT2D eigenvalue weighted by Crippen LogP contribution is 2.22. The molecule has 0 radical (unpaired) electrons. The second-order valence-electron chi connectivity index (χ2n) is 5.30. The molecule has 0 bridgehead atoms. The molecular formula is C14H23N3O2. The Morgan fingerprint density at radius 3 is 3.26 bits per heavy atom. The van der Waals surface area contributed by atoms with Gasteiger partial charge in [-0.3, -0.25) is 9.69 Å². The molecule has 1 amide bonds. The highest BCUT2D eigenvalue weighted by atomic mass is 16.5. The van der Waals surface area contributed by atoms with Crippen LogP contribution in [0.5, 0.6) is 0 Å². The van der Waals surface area contributed by atoms with Gasteiger partial charge in [-0.05, 0) is 26.3 Å². The maximum absolute atomic E-state index is 11.6. The fraction of sp³-hybridized carbons (Fsp3) is 0.786. The van der Waals surface area contributed by atoms with Gasteiger partial charge >= 0.3 is 0 Å². The van der Waals surface area contributed by atoms with Crippen LogP contribution < -0.4 is 10.6 Å². The second kappa shape index (κ2) is 6.90. The van der Waals surface area contributed by atoms with E-state index in [9.17, 15) is 4.79 Å². The lowest BCUT2D eigenvalue weighted by Gasteiger charge is -2.35. The predicted molar refractivity (Wildman–Crippen MR) is 73.6 cm³/mol. The lowest BCUT2D eigenvalue weighted by atomic mass is 10.2. The molecule has 2 aliphatic rings. The van der Waals surface area contributed by atoms with Crippen LogP contribution in [0, 0.1) is 12.3 Å². The first-order chi connectivity index (χ1) is 9.20. The molecule has 2 saturated heterocycles. The molecule has 2 aliphatic heterocycles. The van der Waals surface area contributed by atoms with Gasteiger partial charge in [0.2, 0.25) is 5.91 Å². The van der Waals surface area contributed by atoms with Crippen LogP contribution in [-0.2, 0) is 9.53 Å². The monoisotopic (exact) mass is 265 g/mol. The number of hydrogen-bond acceptors (Lipinski definition) is 4. The number of nitrogens with zero attached hydrogens (tertiary/aromatic N) is 1. The summed E-state index contributed by atoms with van der Waals surface area (Å²) in [5.41, 5.74) is 0. The van der Waals surface area contributed by atoms with Crippen LogP contribution in [0.25, 0.3) is 0 Å². The Morgan fingerprint density at radius 2 is 2.47 bits per heavy atom. The summed E-state index contributed by atoms with van der Waals surface area (Å²) in [5, 5.41) is 5.88. The third-order valence-corrected chi connectivity index (χ3v) is 3.87. The summed E-state index contributed by atoms with van der Waals surface area (Å²) < 4.78 is 5.83. The van der Waals surface area contributed by atoms with Crippen molar-refractivity contribution < 1.29 is 9.53 Å². The van der Waals surface area contributed by atoms with Crippen molar-refractivity contribution in [2.75, 3.05) is 32.8 Å². The lowest BCUT2D eigenvalue weighted by Crippen LogP contribution is -2.52. The molecule has 5 heteroatoms. The number of amides is 1. The molecule has 0 aliphatic carbocycles. The van der Waals surface area contributed by atoms with Crippen LogP contribution in [0.3, 0.4) is 0 Å². The van der Waals surface area contributed by atoms with Crippen LogP contribution in [0.15, 0.2) is 0 Å². The molecule has 3 atom stereocenters. The van der Waals surface area contributed by atoms with E-state index < -0.39 is 0 Å². The van der Waals surface area contributed by atoms with Gasteiger partial charge in [0.1, 0.15) is 0 Å². The maximum atomic E-state index is 11.6. The standard InChI is InChI=1S/C14H23N3O2/c1-3-6-15-14(18)11(2)16-8-13-9-17-7-4-5-12(17)10-19-13/h1,11-13,16H,4-10H2,2H3,(H,15,18). The normalized spacial score (nSPS) is 28.4. The molecule has 2 rings (SSSR count). The number of carbonyl (C=O) groups is 1. The minimum atomic E-state index is -0.242. The number of morpholine rings is 1. The Balaban J connectivity index is 1.68. The van der Waals surface area contributed by atoms with E-state index in [1.165, 1.54) is 19.4 Å². The van der Waals surface area contributed by atoms with Crippen LogP contribution >= 0.6 is 0 Å². The smallest absolute Gasteiger partial charge is 0.237 e. The fourth-order valence-corrected chi connectivity index (χ4v) is 2.70. The molecule has 0 spiro atoms. The average Bonchev–Trinajstić information content (AvgIpc) is 2.89. The van der Waals surface area contributed by atoms with Gasteiger partial charge in [0.05, 0.1) is 25.3 Å². The molecule has 2 heterocycles. The van der Waals surface area contributed by atoms with Crippen molar-refractivity contribution in [2.45, 2.75) is 38.0 Å². The Labute approximate surface area is 115 Å². The van der Waals surface area contributed by atoms with Gasteiger partial charge in [-0.2, -0.15) is 0 Å². The highest BCUT2D eigenvalue weighted by molar-refractivity contribution is 5.81. The van der Waals surface area contributed by atoms with Crippen LogP contribution in [0.1, 0.15) is 19.8 Å². The number of hydrogen-bond donors (Lipinski definition) is 2. The molecule has 5 nitrogen and oxygen atoms in total. The molecule has 106 valence electrons. The zero-order chi connectivity index (χ0) is 13.7. The van der Waals surface area contributed by atoms with Gasteiger partial charge in [0.25, 0.3) is 0 Å². The van der Waals surface area contributed by atoms with E-state index >= 15 is 0 Å². The molecule has 0 saturated carbocycles. The van der Waals surface area contributed by atoms with E-state index in [4.69, 9.17) is 11.2 Å². The molecular weight excluding hydrogens is 242 g/mol. The fourth-order valence-electron chi connectivity index (χ4n) is 2.70. The first-order valence-electron chi connectivity index (χ1n) is 7.01. The summed E-state index contributed by atoms with van der Waals surface area (Å²) in [6.07, 6.45) is 7.82. The molecule has 0 aromatic carbocycles. The van der Waals surface area contributed by atoms with Crippen molar-refractivity contribution in [3.8, 4) is 12.3 Å². The number of ether oxygens (including phenoxy) is 1. The van der Waals surface area contributed by atoms with Crippen LogP contribution in [0.4, 0.5) is 0 Å². The SMILES string of the molecule is C#CCNC(=O)C(C)NCC1CN2CCCC2CO1. The van der Waals surface area contributed by atoms with Gasteiger partial charge < -0.3 is 15.4 Å². The van der Waals surface area contributed by atoms with Crippen molar-refractivity contribution in [1.82, 2.24) is 15.5 Å². The number of terminal acetylenes is 1. The predicted octanol–water partition coefficient (Wildman–Crippen LogP) is -0.423. The van der Waals surface area contributed by atoms with Gasteiger partial charge in [0.15, 0.2) is 0 Å². The van der Waals surface area contributed by atoms with E-state index in [0.717, 1.165) is 13.2 Å².